The first-order chi connectivity index (χ1) is 9.88. The topological polar surface area (TPSA) is 86.6 Å². The molecular formula is C15H12BrNO4. The van der Waals surface area contributed by atoms with Gasteiger partial charge in [-0.15, -0.1) is 0 Å². The molecule has 0 unspecified atom stereocenters. The monoisotopic (exact) mass is 349 g/mol. The maximum atomic E-state index is 12.1. The van der Waals surface area contributed by atoms with Crippen LogP contribution in [0, 0.1) is 6.92 Å². The number of carboxylic acid groups (broad SMARTS) is 1. The molecule has 0 aliphatic heterocycles. The second-order valence-electron chi connectivity index (χ2n) is 4.46. The molecule has 2 aromatic rings. The van der Waals surface area contributed by atoms with Gasteiger partial charge in [-0.25, -0.2) is 4.79 Å². The first kappa shape index (κ1) is 15.1. The van der Waals surface area contributed by atoms with Crippen LogP contribution in [0.3, 0.4) is 0 Å². The highest BCUT2D eigenvalue weighted by molar-refractivity contribution is 9.10. The third kappa shape index (κ3) is 3.41. The van der Waals surface area contributed by atoms with Crippen LogP contribution in [-0.4, -0.2) is 22.1 Å². The Kier molecular flexibility index (Phi) is 4.28. The normalized spacial score (nSPS) is 10.2. The Morgan fingerprint density at radius 2 is 1.76 bits per heavy atom. The third-order valence-corrected chi connectivity index (χ3v) is 3.58. The van der Waals surface area contributed by atoms with E-state index in [4.69, 9.17) is 5.11 Å². The summed E-state index contributed by atoms with van der Waals surface area (Å²) in [7, 11) is 0. The zero-order valence-corrected chi connectivity index (χ0v) is 12.6. The van der Waals surface area contributed by atoms with Crippen LogP contribution in [0.1, 0.15) is 26.3 Å². The van der Waals surface area contributed by atoms with E-state index in [1.165, 1.54) is 30.3 Å². The van der Waals surface area contributed by atoms with Crippen molar-refractivity contribution in [2.45, 2.75) is 6.92 Å². The molecule has 3 N–H and O–H groups in total. The number of nitrogens with one attached hydrogen (secondary N) is 1. The van der Waals surface area contributed by atoms with Gasteiger partial charge in [-0.2, -0.15) is 0 Å². The zero-order chi connectivity index (χ0) is 15.6. The lowest BCUT2D eigenvalue weighted by Gasteiger charge is -2.09. The van der Waals surface area contributed by atoms with Crippen LogP contribution in [-0.2, 0) is 0 Å². The molecule has 0 fully saturated rings. The number of carbonyl (C=O) groups is 2. The number of anilines is 1. The maximum Gasteiger partial charge on any atom is 0.335 e. The van der Waals surface area contributed by atoms with Crippen LogP contribution >= 0.6 is 15.9 Å². The van der Waals surface area contributed by atoms with Gasteiger partial charge in [0.1, 0.15) is 5.75 Å². The van der Waals surface area contributed by atoms with Gasteiger partial charge in [-0.1, -0.05) is 0 Å². The van der Waals surface area contributed by atoms with Crippen molar-refractivity contribution < 1.29 is 19.8 Å². The Morgan fingerprint density at radius 3 is 2.33 bits per heavy atom. The van der Waals surface area contributed by atoms with Gasteiger partial charge in [0.05, 0.1) is 11.3 Å². The van der Waals surface area contributed by atoms with Crippen molar-refractivity contribution in [1.29, 1.82) is 0 Å². The van der Waals surface area contributed by atoms with E-state index in [9.17, 15) is 14.7 Å². The number of aryl methyl sites for hydroxylation is 1. The summed E-state index contributed by atoms with van der Waals surface area (Å²) in [5.74, 6) is -1.26. The minimum absolute atomic E-state index is 0.124. The molecule has 6 heteroatoms. The molecule has 0 aliphatic carbocycles. The fourth-order valence-corrected chi connectivity index (χ4v) is 2.22. The Morgan fingerprint density at radius 1 is 1.10 bits per heavy atom. The number of carbonyl (C=O) groups excluding carboxylic acids is 1. The molecular weight excluding hydrogens is 338 g/mol. The van der Waals surface area contributed by atoms with Crippen LogP contribution in [0.15, 0.2) is 40.9 Å². The summed E-state index contributed by atoms with van der Waals surface area (Å²) >= 11 is 3.22. The largest absolute Gasteiger partial charge is 0.508 e. The highest BCUT2D eigenvalue weighted by atomic mass is 79.9. The summed E-state index contributed by atoms with van der Waals surface area (Å²) in [6.07, 6.45) is 0. The Labute approximate surface area is 129 Å². The molecule has 0 aromatic heterocycles. The highest BCUT2D eigenvalue weighted by Gasteiger charge is 2.11. The lowest BCUT2D eigenvalue weighted by atomic mass is 10.1. The van der Waals surface area contributed by atoms with Crippen LogP contribution in [0.5, 0.6) is 5.75 Å². The van der Waals surface area contributed by atoms with Crippen molar-refractivity contribution >= 4 is 33.5 Å². The third-order valence-electron chi connectivity index (χ3n) is 2.92. The van der Waals surface area contributed by atoms with Crippen molar-refractivity contribution in [3.05, 3.63) is 57.6 Å². The number of phenols is 1. The number of hydrogen-bond donors (Lipinski definition) is 3. The predicted octanol–water partition coefficient (Wildman–Crippen LogP) is 3.41. The fourth-order valence-electron chi connectivity index (χ4n) is 1.74. The Bertz CT molecular complexity index is 728. The highest BCUT2D eigenvalue weighted by Crippen LogP contribution is 2.25. The number of carboxylic acids is 1. The Balaban J connectivity index is 2.23. The average molecular weight is 350 g/mol. The molecule has 2 aromatic carbocycles. The van der Waals surface area contributed by atoms with Gasteiger partial charge < -0.3 is 15.5 Å². The molecule has 0 heterocycles. The van der Waals surface area contributed by atoms with E-state index in [2.05, 4.69) is 21.2 Å². The molecule has 2 rings (SSSR count). The lowest BCUT2D eigenvalue weighted by molar-refractivity contribution is 0.0696. The SMILES string of the molecule is Cc1cc(C(=O)Nc2ccc(C(=O)O)cc2Br)ccc1O. The molecule has 0 bridgehead atoms. The zero-order valence-electron chi connectivity index (χ0n) is 11.1. The minimum Gasteiger partial charge on any atom is -0.508 e. The second kappa shape index (κ2) is 5.97. The van der Waals surface area contributed by atoms with Crippen molar-refractivity contribution in [3.8, 4) is 5.75 Å². The van der Waals surface area contributed by atoms with Gasteiger partial charge in [0.25, 0.3) is 5.91 Å². The van der Waals surface area contributed by atoms with Gasteiger partial charge in [0, 0.05) is 10.0 Å². The smallest absolute Gasteiger partial charge is 0.335 e. The minimum atomic E-state index is -1.04. The quantitative estimate of drug-likeness (QED) is 0.792. The first-order valence-electron chi connectivity index (χ1n) is 6.02. The predicted molar refractivity (Wildman–Crippen MR) is 81.9 cm³/mol. The molecule has 0 saturated heterocycles. The Hall–Kier alpha value is -2.34. The lowest BCUT2D eigenvalue weighted by Crippen LogP contribution is -2.12. The van der Waals surface area contributed by atoms with E-state index >= 15 is 0 Å². The molecule has 0 saturated carbocycles. The summed E-state index contributed by atoms with van der Waals surface area (Å²) < 4.78 is 0.478. The maximum absolute atomic E-state index is 12.1. The fraction of sp³-hybridized carbons (Fsp3) is 0.0667. The number of benzene rings is 2. The molecule has 0 atom stereocenters. The molecule has 21 heavy (non-hydrogen) atoms. The number of phenolic OH excluding ortho intramolecular Hbond substituents is 1. The van der Waals surface area contributed by atoms with Gasteiger partial charge in [0.2, 0.25) is 0 Å². The van der Waals surface area contributed by atoms with Gasteiger partial charge in [-0.05, 0) is 64.8 Å². The van der Waals surface area contributed by atoms with Crippen molar-refractivity contribution in [1.82, 2.24) is 0 Å². The van der Waals surface area contributed by atoms with E-state index in [1.54, 1.807) is 13.0 Å². The van der Waals surface area contributed by atoms with Crippen molar-refractivity contribution in [2.24, 2.45) is 0 Å². The summed E-state index contributed by atoms with van der Waals surface area (Å²) in [5, 5.41) is 21.0. The van der Waals surface area contributed by atoms with Crippen molar-refractivity contribution in [3.63, 3.8) is 0 Å². The molecule has 0 spiro atoms. The molecule has 5 nitrogen and oxygen atoms in total. The number of amides is 1. The summed E-state index contributed by atoms with van der Waals surface area (Å²) in [6.45, 7) is 1.70. The van der Waals surface area contributed by atoms with Crippen LogP contribution in [0.25, 0.3) is 0 Å². The summed E-state index contributed by atoms with van der Waals surface area (Å²) in [4.78, 5) is 23.0. The van der Waals surface area contributed by atoms with Crippen LogP contribution in [0.4, 0.5) is 5.69 Å². The van der Waals surface area contributed by atoms with Gasteiger partial charge >= 0.3 is 5.97 Å². The number of aromatic carboxylic acids is 1. The number of hydrogen-bond acceptors (Lipinski definition) is 3. The van der Waals surface area contributed by atoms with E-state index in [-0.39, 0.29) is 17.2 Å². The standard InChI is InChI=1S/C15H12BrNO4/c1-8-6-9(3-5-13(8)18)14(19)17-12-4-2-10(15(20)21)7-11(12)16/h2-7,18H,1H3,(H,17,19)(H,20,21). The summed E-state index contributed by atoms with van der Waals surface area (Å²) in [5.41, 5.74) is 1.60. The van der Waals surface area contributed by atoms with E-state index in [0.717, 1.165) is 0 Å². The van der Waals surface area contributed by atoms with Crippen LogP contribution < -0.4 is 5.32 Å². The molecule has 1 amide bonds. The van der Waals surface area contributed by atoms with Crippen molar-refractivity contribution in [2.75, 3.05) is 5.32 Å². The molecule has 108 valence electrons. The van der Waals surface area contributed by atoms with E-state index < -0.39 is 5.97 Å². The molecule has 0 aliphatic rings. The van der Waals surface area contributed by atoms with E-state index in [1.807, 2.05) is 0 Å². The van der Waals surface area contributed by atoms with Gasteiger partial charge in [0.15, 0.2) is 0 Å². The first-order valence-corrected chi connectivity index (χ1v) is 6.81. The average Bonchev–Trinajstić information content (AvgIpc) is 2.43. The number of rotatable bonds is 3. The van der Waals surface area contributed by atoms with E-state index in [0.29, 0.717) is 21.3 Å². The molecule has 0 radical (unpaired) electrons. The summed E-state index contributed by atoms with van der Waals surface area (Å²) in [6, 6.07) is 8.87. The number of halogens is 1. The van der Waals surface area contributed by atoms with Gasteiger partial charge in [-0.3, -0.25) is 4.79 Å². The number of aromatic hydroxyl groups is 1. The van der Waals surface area contributed by atoms with Crippen LogP contribution in [0.2, 0.25) is 0 Å². The second-order valence-corrected chi connectivity index (χ2v) is 5.31.